The highest BCUT2D eigenvalue weighted by molar-refractivity contribution is 6.03. The molecular weight excluding hydrogens is 306 g/mol. The fourth-order valence-electron chi connectivity index (χ4n) is 2.17. The minimum absolute atomic E-state index is 0.234. The number of nitrogens with two attached hydrogens (primary N) is 1. The summed E-state index contributed by atoms with van der Waals surface area (Å²) in [6, 6.07) is 15.6. The Hall–Kier alpha value is -3.48. The lowest BCUT2D eigenvalue weighted by Gasteiger charge is -2.04. The molecule has 2 amide bonds. The van der Waals surface area contributed by atoms with E-state index >= 15 is 0 Å². The van der Waals surface area contributed by atoms with Crippen molar-refractivity contribution in [3.63, 3.8) is 0 Å². The summed E-state index contributed by atoms with van der Waals surface area (Å²) in [4.78, 5) is 24.8. The Labute approximate surface area is 138 Å². The van der Waals surface area contributed by atoms with Crippen molar-refractivity contribution in [2.45, 2.75) is 6.92 Å². The van der Waals surface area contributed by atoms with Crippen LogP contribution >= 0.6 is 0 Å². The van der Waals surface area contributed by atoms with E-state index in [1.807, 2.05) is 30.3 Å². The first-order valence-electron chi connectivity index (χ1n) is 7.25. The lowest BCUT2D eigenvalue weighted by molar-refractivity contribution is 0.0997. The van der Waals surface area contributed by atoms with E-state index in [0.29, 0.717) is 16.9 Å². The third-order valence-electron chi connectivity index (χ3n) is 3.41. The summed E-state index contributed by atoms with van der Waals surface area (Å²) in [5.74, 6) is -0.893. The first kappa shape index (κ1) is 15.4. The van der Waals surface area contributed by atoms with E-state index in [-0.39, 0.29) is 11.6 Å². The molecular formula is C17H15N5O2. The maximum atomic E-state index is 12.4. The van der Waals surface area contributed by atoms with E-state index in [1.54, 1.807) is 31.2 Å². The molecule has 3 aromatic rings. The van der Waals surface area contributed by atoms with E-state index in [2.05, 4.69) is 15.5 Å². The van der Waals surface area contributed by atoms with Crippen molar-refractivity contribution in [1.29, 1.82) is 0 Å². The molecule has 3 rings (SSSR count). The van der Waals surface area contributed by atoms with Crippen molar-refractivity contribution < 1.29 is 9.59 Å². The van der Waals surface area contributed by atoms with Crippen molar-refractivity contribution in [3.05, 3.63) is 71.5 Å². The number of carbonyl (C=O) groups excluding carboxylic acids is 2. The largest absolute Gasteiger partial charge is 0.366 e. The van der Waals surface area contributed by atoms with Crippen LogP contribution in [0, 0.1) is 6.92 Å². The number of rotatable bonds is 4. The molecule has 0 bridgehead atoms. The van der Waals surface area contributed by atoms with Gasteiger partial charge >= 0.3 is 0 Å². The van der Waals surface area contributed by atoms with Crippen molar-refractivity contribution in [2.24, 2.45) is 5.73 Å². The molecule has 0 aliphatic carbocycles. The molecule has 0 radical (unpaired) electrons. The van der Waals surface area contributed by atoms with Gasteiger partial charge < -0.3 is 11.1 Å². The zero-order valence-corrected chi connectivity index (χ0v) is 12.9. The summed E-state index contributed by atoms with van der Waals surface area (Å²) in [5, 5.41) is 11.2. The van der Waals surface area contributed by atoms with E-state index in [0.717, 1.165) is 5.69 Å². The fraction of sp³-hybridized carbons (Fsp3) is 0.0588. The zero-order chi connectivity index (χ0) is 17.1. The maximum absolute atomic E-state index is 12.4. The molecule has 0 spiro atoms. The Morgan fingerprint density at radius 3 is 2.29 bits per heavy atom. The second kappa shape index (κ2) is 6.33. The highest BCUT2D eigenvalue weighted by atomic mass is 16.2. The maximum Gasteiger partial charge on any atom is 0.278 e. The topological polar surface area (TPSA) is 103 Å². The minimum atomic E-state index is -0.519. The van der Waals surface area contributed by atoms with Crippen LogP contribution in [0.25, 0.3) is 5.69 Å². The quantitative estimate of drug-likeness (QED) is 0.766. The summed E-state index contributed by atoms with van der Waals surface area (Å²) >= 11 is 0. The predicted molar refractivity (Wildman–Crippen MR) is 89.0 cm³/mol. The van der Waals surface area contributed by atoms with Crippen molar-refractivity contribution in [1.82, 2.24) is 15.0 Å². The van der Waals surface area contributed by atoms with Gasteiger partial charge in [0.2, 0.25) is 5.91 Å². The molecule has 0 fully saturated rings. The summed E-state index contributed by atoms with van der Waals surface area (Å²) in [7, 11) is 0. The summed E-state index contributed by atoms with van der Waals surface area (Å²) < 4.78 is 0. The van der Waals surface area contributed by atoms with Gasteiger partial charge in [-0.15, -0.1) is 5.10 Å². The molecule has 0 aliphatic rings. The molecule has 1 heterocycles. The summed E-state index contributed by atoms with van der Waals surface area (Å²) in [5.41, 5.74) is 7.62. The number of nitrogens with zero attached hydrogens (tertiary/aromatic N) is 3. The third kappa shape index (κ3) is 3.14. The number of aryl methyl sites for hydroxylation is 1. The number of benzene rings is 2. The van der Waals surface area contributed by atoms with Gasteiger partial charge in [0.15, 0.2) is 5.69 Å². The van der Waals surface area contributed by atoms with Crippen molar-refractivity contribution in [2.75, 3.05) is 5.32 Å². The van der Waals surface area contributed by atoms with Gasteiger partial charge in [-0.1, -0.05) is 18.2 Å². The molecule has 0 saturated heterocycles. The van der Waals surface area contributed by atoms with Crippen LogP contribution in [-0.4, -0.2) is 26.8 Å². The molecule has 2 aromatic carbocycles. The van der Waals surface area contributed by atoms with Gasteiger partial charge in [-0.05, 0) is 43.3 Å². The van der Waals surface area contributed by atoms with Gasteiger partial charge in [0.25, 0.3) is 5.91 Å². The second-order valence-electron chi connectivity index (χ2n) is 5.15. The summed E-state index contributed by atoms with van der Waals surface area (Å²) in [6.45, 7) is 1.72. The number of hydrogen-bond acceptors (Lipinski definition) is 4. The SMILES string of the molecule is Cc1nn(-c2ccccc2)nc1C(=O)Nc1ccc(C(N)=O)cc1. The van der Waals surface area contributed by atoms with Crippen LogP contribution in [0.4, 0.5) is 5.69 Å². The Morgan fingerprint density at radius 1 is 1.00 bits per heavy atom. The van der Waals surface area contributed by atoms with Crippen LogP contribution < -0.4 is 11.1 Å². The Kier molecular flexibility index (Phi) is 4.07. The van der Waals surface area contributed by atoms with Crippen LogP contribution in [0.5, 0.6) is 0 Å². The third-order valence-corrected chi connectivity index (χ3v) is 3.41. The monoisotopic (exact) mass is 321 g/mol. The van der Waals surface area contributed by atoms with Gasteiger partial charge in [-0.3, -0.25) is 9.59 Å². The predicted octanol–water partition coefficient (Wildman–Crippen LogP) is 1.93. The first-order chi connectivity index (χ1) is 11.5. The first-order valence-corrected chi connectivity index (χ1v) is 7.25. The second-order valence-corrected chi connectivity index (χ2v) is 5.15. The average Bonchev–Trinajstić information content (AvgIpc) is 2.98. The highest BCUT2D eigenvalue weighted by Crippen LogP contribution is 2.13. The molecule has 0 atom stereocenters. The smallest absolute Gasteiger partial charge is 0.278 e. The standard InChI is InChI=1S/C17H15N5O2/c1-11-15(21-22(20-11)14-5-3-2-4-6-14)17(24)19-13-9-7-12(8-10-13)16(18)23/h2-10H,1H3,(H2,18,23)(H,19,24). The molecule has 3 N–H and O–H groups in total. The number of para-hydroxylation sites is 1. The van der Waals surface area contributed by atoms with Crippen LogP contribution in [0.2, 0.25) is 0 Å². The normalized spacial score (nSPS) is 10.4. The number of anilines is 1. The fourth-order valence-corrected chi connectivity index (χ4v) is 2.17. The molecule has 24 heavy (non-hydrogen) atoms. The molecule has 1 aromatic heterocycles. The molecule has 0 saturated carbocycles. The van der Waals surface area contributed by atoms with Gasteiger partial charge in [-0.2, -0.15) is 9.90 Å². The molecule has 0 unspecified atom stereocenters. The van der Waals surface area contributed by atoms with Crippen LogP contribution in [-0.2, 0) is 0 Å². The van der Waals surface area contributed by atoms with E-state index in [1.165, 1.54) is 4.80 Å². The number of hydrogen-bond donors (Lipinski definition) is 2. The minimum Gasteiger partial charge on any atom is -0.366 e. The Morgan fingerprint density at radius 2 is 1.67 bits per heavy atom. The number of amides is 2. The number of primary amides is 1. The van der Waals surface area contributed by atoms with Gasteiger partial charge in [0.1, 0.15) is 0 Å². The van der Waals surface area contributed by atoms with Crippen LogP contribution in [0.1, 0.15) is 26.5 Å². The molecule has 7 nitrogen and oxygen atoms in total. The number of nitrogens with one attached hydrogen (secondary N) is 1. The Bertz CT molecular complexity index is 885. The van der Waals surface area contributed by atoms with E-state index < -0.39 is 5.91 Å². The molecule has 120 valence electrons. The number of carbonyl (C=O) groups is 2. The lowest BCUT2D eigenvalue weighted by Crippen LogP contribution is -2.15. The zero-order valence-electron chi connectivity index (χ0n) is 12.9. The molecule has 0 aliphatic heterocycles. The van der Waals surface area contributed by atoms with E-state index in [4.69, 9.17) is 5.73 Å². The average molecular weight is 321 g/mol. The van der Waals surface area contributed by atoms with Crippen LogP contribution in [0.15, 0.2) is 54.6 Å². The lowest BCUT2D eigenvalue weighted by atomic mass is 10.2. The summed E-state index contributed by atoms with van der Waals surface area (Å²) in [6.07, 6.45) is 0. The van der Waals surface area contributed by atoms with Gasteiger partial charge in [0.05, 0.1) is 11.4 Å². The van der Waals surface area contributed by atoms with Crippen LogP contribution in [0.3, 0.4) is 0 Å². The van der Waals surface area contributed by atoms with Crippen molar-refractivity contribution in [3.8, 4) is 5.69 Å². The van der Waals surface area contributed by atoms with Gasteiger partial charge in [-0.25, -0.2) is 0 Å². The van der Waals surface area contributed by atoms with E-state index in [9.17, 15) is 9.59 Å². The Balaban J connectivity index is 1.80. The number of aromatic nitrogens is 3. The van der Waals surface area contributed by atoms with Crippen molar-refractivity contribution >= 4 is 17.5 Å². The molecule has 7 heteroatoms. The highest BCUT2D eigenvalue weighted by Gasteiger charge is 2.16. The van der Waals surface area contributed by atoms with Gasteiger partial charge in [0, 0.05) is 11.3 Å².